The van der Waals surface area contributed by atoms with E-state index >= 15 is 0 Å². The van der Waals surface area contributed by atoms with Gasteiger partial charge in [-0.2, -0.15) is 0 Å². The van der Waals surface area contributed by atoms with Crippen LogP contribution in [-0.2, 0) is 11.2 Å². The Morgan fingerprint density at radius 2 is 2.00 bits per heavy atom. The van der Waals surface area contributed by atoms with Crippen molar-refractivity contribution in [2.75, 3.05) is 0 Å². The third-order valence-electron chi connectivity index (χ3n) is 2.09. The molecule has 0 bridgehead atoms. The van der Waals surface area contributed by atoms with Gasteiger partial charge in [0.05, 0.1) is 4.92 Å². The third-order valence-corrected chi connectivity index (χ3v) is 2.09. The average molecular weight is 249 g/mol. The molecule has 8 nitrogen and oxygen atoms in total. The second-order valence-corrected chi connectivity index (χ2v) is 3.38. The zero-order valence-electron chi connectivity index (χ0n) is 8.94. The Kier molecular flexibility index (Phi) is 3.00. The maximum absolute atomic E-state index is 10.5. The van der Waals surface area contributed by atoms with E-state index in [0.29, 0.717) is 5.56 Å². The molecule has 0 atom stereocenters. The van der Waals surface area contributed by atoms with Gasteiger partial charge in [0.15, 0.2) is 0 Å². The number of hydrogen-bond acceptors (Lipinski definition) is 6. The second kappa shape index (κ2) is 4.62. The zero-order chi connectivity index (χ0) is 13.1. The molecular formula is C10H7N3O5. The van der Waals surface area contributed by atoms with Gasteiger partial charge in [0.1, 0.15) is 6.42 Å². The van der Waals surface area contributed by atoms with E-state index in [0.717, 1.165) is 0 Å². The third kappa shape index (κ3) is 2.48. The van der Waals surface area contributed by atoms with Gasteiger partial charge in [-0.3, -0.25) is 14.9 Å². The quantitative estimate of drug-likeness (QED) is 0.639. The number of carboxylic acid groups (broad SMARTS) is 1. The zero-order valence-corrected chi connectivity index (χ0v) is 8.94. The number of aliphatic carboxylic acids is 1. The predicted molar refractivity (Wildman–Crippen MR) is 57.7 cm³/mol. The molecule has 8 heteroatoms. The SMILES string of the molecule is O=C(O)Cc1nnc(-c2ccc([N+](=O)[O-])cc2)o1. The normalized spacial score (nSPS) is 10.2. The van der Waals surface area contributed by atoms with Crippen molar-refractivity contribution >= 4 is 11.7 Å². The molecule has 2 rings (SSSR count). The molecule has 0 amide bonds. The Morgan fingerprint density at radius 1 is 1.33 bits per heavy atom. The highest BCUT2D eigenvalue weighted by Crippen LogP contribution is 2.21. The largest absolute Gasteiger partial charge is 0.481 e. The van der Waals surface area contributed by atoms with E-state index in [1.807, 2.05) is 0 Å². The molecule has 1 aromatic heterocycles. The van der Waals surface area contributed by atoms with Crippen LogP contribution in [-0.4, -0.2) is 26.2 Å². The minimum atomic E-state index is -1.08. The van der Waals surface area contributed by atoms with Crippen molar-refractivity contribution in [1.29, 1.82) is 0 Å². The molecule has 92 valence electrons. The molecule has 0 aliphatic rings. The topological polar surface area (TPSA) is 119 Å². The summed E-state index contributed by atoms with van der Waals surface area (Å²) in [6.45, 7) is 0. The van der Waals surface area contributed by atoms with E-state index in [-0.39, 0.29) is 23.9 Å². The Hall–Kier alpha value is -2.77. The van der Waals surface area contributed by atoms with Crippen molar-refractivity contribution in [2.45, 2.75) is 6.42 Å². The van der Waals surface area contributed by atoms with Crippen LogP contribution in [0.4, 0.5) is 5.69 Å². The highest BCUT2D eigenvalue weighted by atomic mass is 16.6. The maximum Gasteiger partial charge on any atom is 0.312 e. The first-order valence-corrected chi connectivity index (χ1v) is 4.85. The number of benzene rings is 1. The standard InChI is InChI=1S/C10H7N3O5/c14-9(15)5-8-11-12-10(18-8)6-1-3-7(4-2-6)13(16)17/h1-4H,5H2,(H,14,15). The van der Waals surface area contributed by atoms with Crippen LogP contribution in [0.25, 0.3) is 11.5 Å². The molecule has 1 N–H and O–H groups in total. The van der Waals surface area contributed by atoms with Crippen LogP contribution in [0.15, 0.2) is 28.7 Å². The molecule has 0 saturated carbocycles. The van der Waals surface area contributed by atoms with Gasteiger partial charge in [-0.1, -0.05) is 0 Å². The highest BCUT2D eigenvalue weighted by Gasteiger charge is 2.12. The fraction of sp³-hybridized carbons (Fsp3) is 0.100. The van der Waals surface area contributed by atoms with Gasteiger partial charge in [-0.15, -0.1) is 10.2 Å². The summed E-state index contributed by atoms with van der Waals surface area (Å²) in [4.78, 5) is 20.4. The number of carbonyl (C=O) groups is 1. The lowest BCUT2D eigenvalue weighted by molar-refractivity contribution is -0.384. The first-order chi connectivity index (χ1) is 8.56. The molecule has 0 unspecified atom stereocenters. The Balaban J connectivity index is 2.23. The fourth-order valence-electron chi connectivity index (χ4n) is 1.30. The molecule has 0 aliphatic heterocycles. The highest BCUT2D eigenvalue weighted by molar-refractivity contribution is 5.68. The van der Waals surface area contributed by atoms with Crippen LogP contribution in [0, 0.1) is 10.1 Å². The summed E-state index contributed by atoms with van der Waals surface area (Å²) in [5.41, 5.74) is 0.439. The van der Waals surface area contributed by atoms with Gasteiger partial charge in [-0.05, 0) is 12.1 Å². The predicted octanol–water partition coefficient (Wildman–Crippen LogP) is 1.27. The number of rotatable bonds is 4. The smallest absolute Gasteiger partial charge is 0.312 e. The first-order valence-electron chi connectivity index (χ1n) is 4.85. The lowest BCUT2D eigenvalue weighted by Crippen LogP contribution is -1.99. The van der Waals surface area contributed by atoms with Crippen LogP contribution >= 0.6 is 0 Å². The summed E-state index contributed by atoms with van der Waals surface area (Å²) in [5, 5.41) is 26.2. The first kappa shape index (κ1) is 11.7. The van der Waals surface area contributed by atoms with E-state index in [1.165, 1.54) is 24.3 Å². The number of non-ortho nitro benzene ring substituents is 1. The summed E-state index contributed by atoms with van der Waals surface area (Å²) in [6.07, 6.45) is -0.361. The van der Waals surface area contributed by atoms with E-state index in [1.54, 1.807) is 0 Å². The number of nitro groups is 1. The molecule has 0 aliphatic carbocycles. The van der Waals surface area contributed by atoms with E-state index in [2.05, 4.69) is 10.2 Å². The lowest BCUT2D eigenvalue weighted by Gasteiger charge is -1.94. The van der Waals surface area contributed by atoms with Crippen LogP contribution in [0.1, 0.15) is 5.89 Å². The number of aromatic nitrogens is 2. The summed E-state index contributed by atoms with van der Waals surface area (Å²) >= 11 is 0. The van der Waals surface area contributed by atoms with Crippen LogP contribution in [0.5, 0.6) is 0 Å². The van der Waals surface area contributed by atoms with Crippen LogP contribution < -0.4 is 0 Å². The van der Waals surface area contributed by atoms with Crippen molar-refractivity contribution in [3.63, 3.8) is 0 Å². The summed E-state index contributed by atoms with van der Waals surface area (Å²) in [6, 6.07) is 5.51. The molecule has 1 aromatic carbocycles. The van der Waals surface area contributed by atoms with E-state index in [9.17, 15) is 14.9 Å². The molecule has 0 spiro atoms. The lowest BCUT2D eigenvalue weighted by atomic mass is 10.2. The van der Waals surface area contributed by atoms with Crippen molar-refractivity contribution in [3.05, 3.63) is 40.3 Å². The van der Waals surface area contributed by atoms with Gasteiger partial charge >= 0.3 is 5.97 Å². The number of nitrogens with zero attached hydrogens (tertiary/aromatic N) is 3. The number of nitro benzene ring substituents is 1. The van der Waals surface area contributed by atoms with Crippen LogP contribution in [0.2, 0.25) is 0 Å². The van der Waals surface area contributed by atoms with Crippen molar-refractivity contribution in [2.24, 2.45) is 0 Å². The Labute approximate surface area is 100 Å². The molecule has 0 saturated heterocycles. The van der Waals surface area contributed by atoms with Gasteiger partial charge in [-0.25, -0.2) is 0 Å². The van der Waals surface area contributed by atoms with E-state index < -0.39 is 10.9 Å². The van der Waals surface area contributed by atoms with Gasteiger partial charge in [0, 0.05) is 17.7 Å². The summed E-state index contributed by atoms with van der Waals surface area (Å²) in [5.74, 6) is -0.967. The van der Waals surface area contributed by atoms with Gasteiger partial charge < -0.3 is 9.52 Å². The fourth-order valence-corrected chi connectivity index (χ4v) is 1.30. The monoisotopic (exact) mass is 249 g/mol. The number of carboxylic acids is 1. The van der Waals surface area contributed by atoms with E-state index in [4.69, 9.17) is 9.52 Å². The molecule has 0 radical (unpaired) electrons. The average Bonchev–Trinajstić information content (AvgIpc) is 2.76. The molecule has 1 heterocycles. The maximum atomic E-state index is 10.5. The Morgan fingerprint density at radius 3 is 2.56 bits per heavy atom. The minimum absolute atomic E-state index is 0.0177. The van der Waals surface area contributed by atoms with Gasteiger partial charge in [0.25, 0.3) is 5.69 Å². The molecule has 2 aromatic rings. The van der Waals surface area contributed by atoms with Crippen molar-refractivity contribution in [1.82, 2.24) is 10.2 Å². The summed E-state index contributed by atoms with van der Waals surface area (Å²) < 4.78 is 5.11. The summed E-state index contributed by atoms with van der Waals surface area (Å²) in [7, 11) is 0. The second-order valence-electron chi connectivity index (χ2n) is 3.38. The minimum Gasteiger partial charge on any atom is -0.481 e. The van der Waals surface area contributed by atoms with Gasteiger partial charge in [0.2, 0.25) is 11.8 Å². The van der Waals surface area contributed by atoms with Crippen molar-refractivity contribution in [3.8, 4) is 11.5 Å². The van der Waals surface area contributed by atoms with Crippen LogP contribution in [0.3, 0.4) is 0 Å². The molecular weight excluding hydrogens is 242 g/mol. The van der Waals surface area contributed by atoms with Crippen molar-refractivity contribution < 1.29 is 19.2 Å². The Bertz CT molecular complexity index is 590. The molecule has 0 fully saturated rings. The number of hydrogen-bond donors (Lipinski definition) is 1. The molecule has 18 heavy (non-hydrogen) atoms.